The fourth-order valence-corrected chi connectivity index (χ4v) is 2.70. The second-order valence-corrected chi connectivity index (χ2v) is 6.28. The Morgan fingerprint density at radius 3 is 2.85 bits per heavy atom. The summed E-state index contributed by atoms with van der Waals surface area (Å²) in [6, 6.07) is 8.01. The van der Waals surface area contributed by atoms with Crippen LogP contribution < -0.4 is 20.7 Å². The van der Waals surface area contributed by atoms with Crippen LogP contribution in [-0.4, -0.2) is 54.8 Å². The van der Waals surface area contributed by atoms with Crippen LogP contribution in [0.5, 0.6) is 5.75 Å². The van der Waals surface area contributed by atoms with Crippen molar-refractivity contribution in [2.45, 2.75) is 25.8 Å². The van der Waals surface area contributed by atoms with Gasteiger partial charge >= 0.3 is 5.97 Å². The Balaban J connectivity index is 1.78. The normalized spacial score (nSPS) is 11.8. The fraction of sp³-hybridized carbons (Fsp3) is 0.421. The van der Waals surface area contributed by atoms with Gasteiger partial charge in [-0.1, -0.05) is 6.07 Å². The maximum absolute atomic E-state index is 11.4. The van der Waals surface area contributed by atoms with Crippen molar-refractivity contribution in [2.75, 3.05) is 32.1 Å². The number of carbonyl (C=O) groups excluding carboxylic acids is 1. The highest BCUT2D eigenvalue weighted by molar-refractivity contribution is 5.91. The molecule has 27 heavy (non-hydrogen) atoms. The van der Waals surface area contributed by atoms with E-state index >= 15 is 0 Å². The zero-order valence-electron chi connectivity index (χ0n) is 15.6. The number of methoxy groups -OCH3 is 1. The molecular weight excluding hydrogens is 348 g/mol. The zero-order valence-corrected chi connectivity index (χ0v) is 15.6. The third-order valence-electron chi connectivity index (χ3n) is 4.03. The third kappa shape index (κ3) is 6.74. The van der Waals surface area contributed by atoms with Crippen LogP contribution in [0.2, 0.25) is 0 Å². The Bertz CT molecular complexity index is 781. The summed E-state index contributed by atoms with van der Waals surface area (Å²) in [5.74, 6) is -0.598. The molecule has 1 unspecified atom stereocenters. The van der Waals surface area contributed by atoms with Crippen molar-refractivity contribution in [1.82, 2.24) is 15.6 Å². The van der Waals surface area contributed by atoms with Crippen LogP contribution in [0.1, 0.15) is 19.8 Å². The van der Waals surface area contributed by atoms with E-state index in [0.717, 1.165) is 35.2 Å². The minimum Gasteiger partial charge on any atom is -0.497 e. The second kappa shape index (κ2) is 10.3. The van der Waals surface area contributed by atoms with E-state index in [1.807, 2.05) is 24.3 Å². The van der Waals surface area contributed by atoms with Crippen LogP contribution in [0.4, 0.5) is 5.69 Å². The predicted molar refractivity (Wildman–Crippen MR) is 104 cm³/mol. The van der Waals surface area contributed by atoms with Crippen LogP contribution in [0.25, 0.3) is 10.9 Å². The van der Waals surface area contributed by atoms with Crippen molar-refractivity contribution in [3.63, 3.8) is 0 Å². The molecule has 146 valence electrons. The van der Waals surface area contributed by atoms with E-state index in [1.54, 1.807) is 13.3 Å². The Hall–Kier alpha value is -2.87. The molecule has 8 nitrogen and oxygen atoms in total. The summed E-state index contributed by atoms with van der Waals surface area (Å²) >= 11 is 0. The molecule has 4 N–H and O–H groups in total. The Kier molecular flexibility index (Phi) is 7.81. The van der Waals surface area contributed by atoms with Crippen molar-refractivity contribution in [3.8, 4) is 5.75 Å². The lowest BCUT2D eigenvalue weighted by molar-refractivity contribution is -0.137. The number of anilines is 1. The zero-order chi connectivity index (χ0) is 19.6. The van der Waals surface area contributed by atoms with E-state index in [4.69, 9.17) is 9.84 Å². The number of carbonyl (C=O) groups is 2. The number of nitrogens with one attached hydrogen (secondary N) is 3. The molecule has 0 radical (unpaired) electrons. The number of aromatic nitrogens is 1. The van der Waals surface area contributed by atoms with Crippen molar-refractivity contribution in [1.29, 1.82) is 0 Å². The van der Waals surface area contributed by atoms with Gasteiger partial charge in [0.15, 0.2) is 0 Å². The maximum Gasteiger partial charge on any atom is 0.322 e. The molecule has 8 heteroatoms. The molecule has 1 aromatic heterocycles. The number of carboxylic acid groups (broad SMARTS) is 1. The summed E-state index contributed by atoms with van der Waals surface area (Å²) in [5, 5.41) is 18.3. The summed E-state index contributed by atoms with van der Waals surface area (Å²) in [7, 11) is 1.64. The van der Waals surface area contributed by atoms with Gasteiger partial charge in [0.1, 0.15) is 12.3 Å². The second-order valence-electron chi connectivity index (χ2n) is 6.28. The van der Waals surface area contributed by atoms with E-state index in [-0.39, 0.29) is 25.0 Å². The van der Waals surface area contributed by atoms with E-state index in [9.17, 15) is 9.59 Å². The number of carboxylic acids is 1. The lowest BCUT2D eigenvalue weighted by Gasteiger charge is -2.17. The van der Waals surface area contributed by atoms with Gasteiger partial charge in [0.05, 0.1) is 24.9 Å². The first-order valence-electron chi connectivity index (χ1n) is 8.88. The summed E-state index contributed by atoms with van der Waals surface area (Å²) in [6.07, 6.45) is 3.54. The summed E-state index contributed by atoms with van der Waals surface area (Å²) in [6.45, 7) is 2.51. The van der Waals surface area contributed by atoms with Crippen LogP contribution in [0.15, 0.2) is 30.5 Å². The minimum absolute atomic E-state index is 0.111. The van der Waals surface area contributed by atoms with Gasteiger partial charge in [-0.05, 0) is 38.4 Å². The predicted octanol–water partition coefficient (Wildman–Crippen LogP) is 1.61. The molecule has 1 heterocycles. The number of ether oxygens (including phenoxy) is 1. The molecule has 0 saturated heterocycles. The highest BCUT2D eigenvalue weighted by atomic mass is 16.5. The number of rotatable bonds is 11. The number of aliphatic carboxylic acids is 1. The van der Waals surface area contributed by atoms with Crippen molar-refractivity contribution < 1.29 is 19.4 Å². The number of amides is 1. The molecule has 2 rings (SSSR count). The van der Waals surface area contributed by atoms with Crippen molar-refractivity contribution in [3.05, 3.63) is 30.5 Å². The number of pyridine rings is 1. The molecule has 2 aromatic rings. The maximum atomic E-state index is 11.4. The van der Waals surface area contributed by atoms with Gasteiger partial charge in [0, 0.05) is 23.7 Å². The van der Waals surface area contributed by atoms with Gasteiger partial charge in [-0.15, -0.1) is 0 Å². The fourth-order valence-electron chi connectivity index (χ4n) is 2.70. The smallest absolute Gasteiger partial charge is 0.322 e. The van der Waals surface area contributed by atoms with Crippen LogP contribution in [0.3, 0.4) is 0 Å². The average Bonchev–Trinajstić information content (AvgIpc) is 2.65. The SMILES string of the molecule is COc1cc(NC(C)CCCNCC(=O)NCC(=O)O)c2ncccc2c1. The van der Waals surface area contributed by atoms with Gasteiger partial charge in [-0.25, -0.2) is 0 Å². The van der Waals surface area contributed by atoms with E-state index in [0.29, 0.717) is 6.54 Å². The number of fused-ring (bicyclic) bond motifs is 1. The van der Waals surface area contributed by atoms with E-state index < -0.39 is 5.97 Å². The number of nitrogens with zero attached hydrogens (tertiary/aromatic N) is 1. The van der Waals surface area contributed by atoms with Crippen LogP contribution >= 0.6 is 0 Å². The monoisotopic (exact) mass is 374 g/mol. The van der Waals surface area contributed by atoms with Gasteiger partial charge in [0.25, 0.3) is 0 Å². The topological polar surface area (TPSA) is 113 Å². The van der Waals surface area contributed by atoms with Gasteiger partial charge in [-0.2, -0.15) is 0 Å². The first-order chi connectivity index (χ1) is 13.0. The number of benzene rings is 1. The Morgan fingerprint density at radius 2 is 2.11 bits per heavy atom. The van der Waals surface area contributed by atoms with Gasteiger partial charge < -0.3 is 25.8 Å². The van der Waals surface area contributed by atoms with Crippen LogP contribution in [-0.2, 0) is 9.59 Å². The third-order valence-corrected chi connectivity index (χ3v) is 4.03. The Labute approximate surface area is 158 Å². The number of hydrogen-bond donors (Lipinski definition) is 4. The largest absolute Gasteiger partial charge is 0.497 e. The van der Waals surface area contributed by atoms with Gasteiger partial charge in [0.2, 0.25) is 5.91 Å². The van der Waals surface area contributed by atoms with Crippen molar-refractivity contribution >= 4 is 28.5 Å². The molecule has 1 aromatic carbocycles. The average molecular weight is 374 g/mol. The molecule has 0 saturated carbocycles. The first-order valence-corrected chi connectivity index (χ1v) is 8.88. The van der Waals surface area contributed by atoms with E-state index in [2.05, 4.69) is 27.9 Å². The molecule has 0 aliphatic heterocycles. The summed E-state index contributed by atoms with van der Waals surface area (Å²) in [4.78, 5) is 26.2. The molecule has 0 bridgehead atoms. The van der Waals surface area contributed by atoms with E-state index in [1.165, 1.54) is 0 Å². The molecule has 0 aliphatic rings. The highest BCUT2D eigenvalue weighted by Crippen LogP contribution is 2.28. The lowest BCUT2D eigenvalue weighted by atomic mass is 10.1. The standard InChI is InChI=1S/C19H26N4O4/c1-13(5-3-7-20-11-17(24)22-12-18(25)26)23-16-10-15(27-2)9-14-6-4-8-21-19(14)16/h4,6,8-10,13,20,23H,3,5,7,11-12H2,1-2H3,(H,22,24)(H,25,26). The number of hydrogen-bond acceptors (Lipinski definition) is 6. The summed E-state index contributed by atoms with van der Waals surface area (Å²) < 4.78 is 5.36. The molecular formula is C19H26N4O4. The molecule has 0 spiro atoms. The minimum atomic E-state index is -1.05. The van der Waals surface area contributed by atoms with Gasteiger partial charge in [-0.3, -0.25) is 14.6 Å². The molecule has 1 atom stereocenters. The molecule has 0 fully saturated rings. The lowest BCUT2D eigenvalue weighted by Crippen LogP contribution is -2.37. The molecule has 0 aliphatic carbocycles. The summed E-state index contributed by atoms with van der Waals surface area (Å²) in [5.41, 5.74) is 1.83. The Morgan fingerprint density at radius 1 is 1.30 bits per heavy atom. The van der Waals surface area contributed by atoms with Crippen molar-refractivity contribution in [2.24, 2.45) is 0 Å². The van der Waals surface area contributed by atoms with Crippen LogP contribution in [0, 0.1) is 0 Å². The first kappa shape index (κ1) is 20.4. The highest BCUT2D eigenvalue weighted by Gasteiger charge is 2.09. The quantitative estimate of drug-likeness (QED) is 0.442. The molecule has 1 amide bonds.